The summed E-state index contributed by atoms with van der Waals surface area (Å²) in [5.41, 5.74) is 0.767. The van der Waals surface area contributed by atoms with Crippen molar-refractivity contribution in [3.05, 3.63) is 58.0 Å². The lowest BCUT2D eigenvalue weighted by Crippen LogP contribution is -2.42. The minimum atomic E-state index is -0.631. The van der Waals surface area contributed by atoms with Gasteiger partial charge in [0.25, 0.3) is 5.56 Å². The lowest BCUT2D eigenvalue weighted by molar-refractivity contribution is -0.139. The normalized spacial score (nSPS) is 11.5. The second-order valence-corrected chi connectivity index (χ2v) is 6.97. The number of thioether (sulfide) groups is 1. The van der Waals surface area contributed by atoms with Crippen LogP contribution >= 0.6 is 11.8 Å². The molecule has 1 heterocycles. The number of ketones is 1. The highest BCUT2D eigenvalue weighted by Gasteiger charge is 2.18. The molecule has 0 spiro atoms. The van der Waals surface area contributed by atoms with Gasteiger partial charge in [-0.05, 0) is 18.9 Å². The molecule has 1 atom stereocenters. The van der Waals surface area contributed by atoms with Crippen LogP contribution in [0.2, 0.25) is 0 Å². The summed E-state index contributed by atoms with van der Waals surface area (Å²) in [6, 6.07) is 9.96. The number of hydrogen-bond acceptors (Lipinski definition) is 7. The highest BCUT2D eigenvalue weighted by Crippen LogP contribution is 2.12. The predicted octanol–water partition coefficient (Wildman–Crippen LogP) is 0.894. The van der Waals surface area contributed by atoms with Gasteiger partial charge in [-0.3, -0.25) is 19.2 Å². The number of H-pyrrole nitrogens is 1. The molecular formula is C19H21N3O5S. The number of ether oxygens (including phenoxy) is 1. The molecule has 8 nitrogen and oxygen atoms in total. The van der Waals surface area contributed by atoms with E-state index >= 15 is 0 Å². The van der Waals surface area contributed by atoms with Crippen LogP contribution in [0.15, 0.2) is 46.3 Å². The molecule has 0 bridgehead atoms. The molecule has 0 aliphatic rings. The van der Waals surface area contributed by atoms with Gasteiger partial charge in [-0.1, -0.05) is 42.1 Å². The van der Waals surface area contributed by atoms with Gasteiger partial charge >= 0.3 is 5.97 Å². The van der Waals surface area contributed by atoms with E-state index in [-0.39, 0.29) is 34.7 Å². The first kappa shape index (κ1) is 21.4. The Morgan fingerprint density at radius 2 is 1.96 bits per heavy atom. The Kier molecular flexibility index (Phi) is 7.94. The van der Waals surface area contributed by atoms with Crippen LogP contribution in [0.3, 0.4) is 0 Å². The standard InChI is InChI=1S/C19H21N3O5S/c1-12(23)15(8-13-6-4-3-5-7-13)21-17(25)11-28-19-20-14(9-16(24)22-19)10-18(26)27-2/h3-7,9,15H,8,10-11H2,1-2H3,(H,21,25)(H,20,22,24)/t15-/m1/s1. The molecule has 1 aromatic carbocycles. The van der Waals surface area contributed by atoms with Crippen molar-refractivity contribution in [2.45, 2.75) is 31.0 Å². The molecular weight excluding hydrogens is 382 g/mol. The average Bonchev–Trinajstić information content (AvgIpc) is 2.66. The largest absolute Gasteiger partial charge is 0.469 e. The van der Waals surface area contributed by atoms with Crippen LogP contribution in [0.4, 0.5) is 0 Å². The fourth-order valence-electron chi connectivity index (χ4n) is 2.38. The highest BCUT2D eigenvalue weighted by molar-refractivity contribution is 7.99. The zero-order valence-electron chi connectivity index (χ0n) is 15.6. The molecule has 0 fully saturated rings. The van der Waals surface area contributed by atoms with Crippen LogP contribution in [-0.2, 0) is 32.0 Å². The molecule has 1 aromatic heterocycles. The van der Waals surface area contributed by atoms with Crippen LogP contribution in [0, 0.1) is 0 Å². The Labute approximate surface area is 166 Å². The topological polar surface area (TPSA) is 118 Å². The van der Waals surface area contributed by atoms with Crippen molar-refractivity contribution >= 4 is 29.4 Å². The number of rotatable bonds is 9. The number of carbonyl (C=O) groups is 3. The lowest BCUT2D eigenvalue weighted by Gasteiger charge is -2.16. The first-order valence-corrected chi connectivity index (χ1v) is 9.49. The van der Waals surface area contributed by atoms with Gasteiger partial charge in [-0.2, -0.15) is 0 Å². The summed E-state index contributed by atoms with van der Waals surface area (Å²) in [6.07, 6.45) is 0.264. The number of nitrogens with one attached hydrogen (secondary N) is 2. The second kappa shape index (κ2) is 10.4. The number of amides is 1. The van der Waals surface area contributed by atoms with E-state index in [1.807, 2.05) is 30.3 Å². The molecule has 1 amide bonds. The van der Waals surface area contributed by atoms with Gasteiger partial charge < -0.3 is 15.0 Å². The van der Waals surface area contributed by atoms with Crippen LogP contribution in [-0.4, -0.2) is 46.5 Å². The molecule has 9 heteroatoms. The van der Waals surface area contributed by atoms with Crippen molar-refractivity contribution in [2.75, 3.05) is 12.9 Å². The first-order chi connectivity index (χ1) is 13.4. The van der Waals surface area contributed by atoms with Crippen molar-refractivity contribution in [1.82, 2.24) is 15.3 Å². The van der Waals surface area contributed by atoms with Gasteiger partial charge in [0.1, 0.15) is 0 Å². The number of hydrogen-bond donors (Lipinski definition) is 2. The summed E-state index contributed by atoms with van der Waals surface area (Å²) >= 11 is 1.01. The molecule has 2 N–H and O–H groups in total. The monoisotopic (exact) mass is 403 g/mol. The third-order valence-corrected chi connectivity index (χ3v) is 4.65. The van der Waals surface area contributed by atoms with E-state index in [9.17, 15) is 19.2 Å². The van der Waals surface area contributed by atoms with E-state index in [2.05, 4.69) is 20.0 Å². The molecule has 148 valence electrons. The van der Waals surface area contributed by atoms with Gasteiger partial charge in [0.15, 0.2) is 10.9 Å². The van der Waals surface area contributed by atoms with Crippen molar-refractivity contribution in [2.24, 2.45) is 0 Å². The zero-order valence-corrected chi connectivity index (χ0v) is 16.4. The number of Topliss-reactive ketones (excluding diaryl/α,β-unsaturated/α-hetero) is 1. The number of benzene rings is 1. The summed E-state index contributed by atoms with van der Waals surface area (Å²) in [5, 5.41) is 2.91. The minimum Gasteiger partial charge on any atom is -0.469 e. The number of aromatic amines is 1. The van der Waals surface area contributed by atoms with Crippen molar-refractivity contribution in [3.8, 4) is 0 Å². The molecule has 0 saturated carbocycles. The predicted molar refractivity (Wildman–Crippen MR) is 104 cm³/mol. The third kappa shape index (κ3) is 6.99. The summed E-state index contributed by atoms with van der Waals surface area (Å²) < 4.78 is 4.55. The fraction of sp³-hybridized carbons (Fsp3) is 0.316. The molecule has 0 radical (unpaired) electrons. The maximum absolute atomic E-state index is 12.2. The van der Waals surface area contributed by atoms with Gasteiger partial charge in [0.05, 0.1) is 31.0 Å². The Hall–Kier alpha value is -2.94. The Bertz CT molecular complexity index is 898. The van der Waals surface area contributed by atoms with Crippen LogP contribution in [0.1, 0.15) is 18.2 Å². The van der Waals surface area contributed by atoms with Crippen LogP contribution in [0.5, 0.6) is 0 Å². The first-order valence-electron chi connectivity index (χ1n) is 8.51. The molecule has 28 heavy (non-hydrogen) atoms. The van der Waals surface area contributed by atoms with Gasteiger partial charge in [0.2, 0.25) is 5.91 Å². The second-order valence-electron chi connectivity index (χ2n) is 6.00. The van der Waals surface area contributed by atoms with E-state index in [0.717, 1.165) is 17.3 Å². The molecule has 0 saturated heterocycles. The number of methoxy groups -OCH3 is 1. The van der Waals surface area contributed by atoms with Crippen molar-refractivity contribution in [1.29, 1.82) is 0 Å². The number of nitrogens with zero attached hydrogens (tertiary/aromatic N) is 1. The Morgan fingerprint density at radius 1 is 1.25 bits per heavy atom. The number of aromatic nitrogens is 2. The molecule has 2 rings (SSSR count). The van der Waals surface area contributed by atoms with E-state index in [0.29, 0.717) is 6.42 Å². The maximum Gasteiger partial charge on any atom is 0.311 e. The molecule has 0 aliphatic carbocycles. The smallest absolute Gasteiger partial charge is 0.311 e. The quantitative estimate of drug-likeness (QED) is 0.363. The Morgan fingerprint density at radius 3 is 2.61 bits per heavy atom. The third-order valence-electron chi connectivity index (χ3n) is 3.77. The van der Waals surface area contributed by atoms with E-state index in [1.54, 1.807) is 0 Å². The van der Waals surface area contributed by atoms with E-state index < -0.39 is 17.6 Å². The zero-order chi connectivity index (χ0) is 20.5. The summed E-state index contributed by atoms with van der Waals surface area (Å²) in [6.45, 7) is 1.43. The van der Waals surface area contributed by atoms with Gasteiger partial charge in [-0.15, -0.1) is 0 Å². The maximum atomic E-state index is 12.2. The van der Waals surface area contributed by atoms with Crippen LogP contribution in [0.25, 0.3) is 0 Å². The fourth-order valence-corrected chi connectivity index (χ4v) is 3.08. The summed E-state index contributed by atoms with van der Waals surface area (Å²) in [7, 11) is 1.25. The SMILES string of the molecule is COC(=O)Cc1cc(=O)[nH]c(SCC(=O)N[C@H](Cc2ccccc2)C(C)=O)n1. The summed E-state index contributed by atoms with van der Waals surface area (Å²) in [5.74, 6) is -1.06. The van der Waals surface area contributed by atoms with Crippen molar-refractivity contribution in [3.63, 3.8) is 0 Å². The molecule has 2 aromatic rings. The number of esters is 1. The van der Waals surface area contributed by atoms with Gasteiger partial charge in [-0.25, -0.2) is 4.98 Å². The van der Waals surface area contributed by atoms with Gasteiger partial charge in [0, 0.05) is 6.07 Å². The minimum absolute atomic E-state index is 0.0385. The summed E-state index contributed by atoms with van der Waals surface area (Å²) in [4.78, 5) is 53.8. The number of carbonyl (C=O) groups excluding carboxylic acids is 3. The lowest BCUT2D eigenvalue weighted by atomic mass is 10.0. The van der Waals surface area contributed by atoms with E-state index in [4.69, 9.17) is 0 Å². The van der Waals surface area contributed by atoms with Crippen molar-refractivity contribution < 1.29 is 19.1 Å². The van der Waals surface area contributed by atoms with Crippen LogP contribution < -0.4 is 10.9 Å². The van der Waals surface area contributed by atoms with E-state index in [1.165, 1.54) is 20.1 Å². The highest BCUT2D eigenvalue weighted by atomic mass is 32.2. The average molecular weight is 403 g/mol. The molecule has 0 unspecified atom stereocenters. The molecule has 0 aliphatic heterocycles. The Balaban J connectivity index is 1.96.